The molecule has 0 spiro atoms. The van der Waals surface area contributed by atoms with Crippen LogP contribution in [0.25, 0.3) is 6.08 Å². The lowest BCUT2D eigenvalue weighted by Crippen LogP contribution is -2.35. The molecule has 1 aliphatic rings. The van der Waals surface area contributed by atoms with Crippen molar-refractivity contribution < 1.29 is 4.79 Å². The number of Topliss-reactive ketones (excluding diaryl/α,β-unsaturated/α-hetero) is 1. The van der Waals surface area contributed by atoms with E-state index < -0.39 is 0 Å². The molecule has 20 heavy (non-hydrogen) atoms. The van der Waals surface area contributed by atoms with E-state index in [9.17, 15) is 4.79 Å². The molecule has 0 heterocycles. The summed E-state index contributed by atoms with van der Waals surface area (Å²) in [7, 11) is 0. The van der Waals surface area contributed by atoms with Crippen molar-refractivity contribution >= 4 is 27.8 Å². The van der Waals surface area contributed by atoms with Crippen molar-refractivity contribution in [1.29, 1.82) is 0 Å². The first-order valence-corrected chi connectivity index (χ1v) is 8.26. The fourth-order valence-electron chi connectivity index (χ4n) is 3.03. The highest BCUT2D eigenvalue weighted by Crippen LogP contribution is 2.35. The van der Waals surface area contributed by atoms with Gasteiger partial charge in [0.2, 0.25) is 0 Å². The summed E-state index contributed by atoms with van der Waals surface area (Å²) in [6, 6.07) is 8.20. The molecule has 1 nitrogen and oxygen atoms in total. The number of rotatable bonds is 3. The monoisotopic (exact) mass is 334 g/mol. The van der Waals surface area contributed by atoms with Gasteiger partial charge in [0.05, 0.1) is 0 Å². The average Bonchev–Trinajstić information content (AvgIpc) is 2.40. The van der Waals surface area contributed by atoms with E-state index in [4.69, 9.17) is 0 Å². The first-order valence-electron chi connectivity index (χ1n) is 7.46. The van der Waals surface area contributed by atoms with Crippen molar-refractivity contribution in [3.8, 4) is 0 Å². The quantitative estimate of drug-likeness (QED) is 0.728. The third-order valence-corrected chi connectivity index (χ3v) is 4.94. The molecule has 0 bridgehead atoms. The number of benzene rings is 1. The number of ketones is 1. The molecular weight excluding hydrogens is 312 g/mol. The average molecular weight is 335 g/mol. The fourth-order valence-corrected chi connectivity index (χ4v) is 3.29. The van der Waals surface area contributed by atoms with Crippen molar-refractivity contribution in [2.75, 3.05) is 0 Å². The first-order chi connectivity index (χ1) is 9.49. The molecule has 0 aromatic heterocycles. The maximum atomic E-state index is 12.6. The van der Waals surface area contributed by atoms with E-state index in [0.29, 0.717) is 17.6 Å². The van der Waals surface area contributed by atoms with Crippen LogP contribution in [-0.2, 0) is 4.79 Å². The molecule has 0 N–H and O–H groups in total. The highest BCUT2D eigenvalue weighted by molar-refractivity contribution is 9.10. The molecule has 0 radical (unpaired) electrons. The summed E-state index contributed by atoms with van der Waals surface area (Å²) >= 11 is 3.44. The number of carbonyl (C=O) groups excluding carboxylic acids is 1. The Labute approximate surface area is 130 Å². The first kappa shape index (κ1) is 15.5. The summed E-state index contributed by atoms with van der Waals surface area (Å²) in [6.07, 6.45) is 6.42. The van der Waals surface area contributed by atoms with Gasteiger partial charge in [0.1, 0.15) is 5.78 Å². The molecule has 0 aliphatic heterocycles. The van der Waals surface area contributed by atoms with E-state index in [-0.39, 0.29) is 11.8 Å². The Morgan fingerprint density at radius 3 is 2.45 bits per heavy atom. The minimum Gasteiger partial charge on any atom is -0.299 e. The van der Waals surface area contributed by atoms with Gasteiger partial charge in [-0.2, -0.15) is 0 Å². The van der Waals surface area contributed by atoms with Crippen LogP contribution in [0.5, 0.6) is 0 Å². The van der Waals surface area contributed by atoms with E-state index in [1.54, 1.807) is 0 Å². The highest BCUT2D eigenvalue weighted by atomic mass is 79.9. The van der Waals surface area contributed by atoms with Gasteiger partial charge in [0.15, 0.2) is 0 Å². The van der Waals surface area contributed by atoms with E-state index in [0.717, 1.165) is 22.9 Å². The standard InChI is InChI=1S/C18H23BrO/c1-12(2)16-10-4-13(3)17(18(16)20)11-7-14-5-8-15(19)9-6-14/h5-9,11-13,16-17H,4,10H2,1-3H3/b11-7+/t13-,16+,17?/m1/s1. The molecule has 1 unspecified atom stereocenters. The van der Waals surface area contributed by atoms with Crippen molar-refractivity contribution in [2.45, 2.75) is 33.6 Å². The number of hydrogen-bond acceptors (Lipinski definition) is 1. The van der Waals surface area contributed by atoms with E-state index >= 15 is 0 Å². The van der Waals surface area contributed by atoms with Gasteiger partial charge in [-0.05, 0) is 42.4 Å². The van der Waals surface area contributed by atoms with Crippen LogP contribution in [0.3, 0.4) is 0 Å². The Kier molecular flexibility index (Phi) is 5.20. The Morgan fingerprint density at radius 2 is 1.85 bits per heavy atom. The van der Waals surface area contributed by atoms with Crippen LogP contribution in [0.15, 0.2) is 34.8 Å². The van der Waals surface area contributed by atoms with Crippen molar-refractivity contribution in [1.82, 2.24) is 0 Å². The molecule has 1 fully saturated rings. The van der Waals surface area contributed by atoms with E-state index in [1.807, 2.05) is 12.1 Å². The summed E-state index contributed by atoms with van der Waals surface area (Å²) in [4.78, 5) is 12.6. The van der Waals surface area contributed by atoms with Gasteiger partial charge in [-0.1, -0.05) is 61.0 Å². The van der Waals surface area contributed by atoms with Gasteiger partial charge in [-0.25, -0.2) is 0 Å². The number of carbonyl (C=O) groups is 1. The lowest BCUT2D eigenvalue weighted by molar-refractivity contribution is -0.130. The van der Waals surface area contributed by atoms with Gasteiger partial charge in [-0.3, -0.25) is 4.79 Å². The van der Waals surface area contributed by atoms with Crippen molar-refractivity contribution in [3.05, 3.63) is 40.4 Å². The second kappa shape index (κ2) is 6.71. The lowest BCUT2D eigenvalue weighted by Gasteiger charge is -2.33. The maximum Gasteiger partial charge on any atom is 0.143 e. The smallest absolute Gasteiger partial charge is 0.143 e. The van der Waals surface area contributed by atoms with Crippen LogP contribution in [0.1, 0.15) is 39.2 Å². The van der Waals surface area contributed by atoms with E-state index in [2.05, 4.69) is 61.0 Å². The number of allylic oxidation sites excluding steroid dienone is 1. The lowest BCUT2D eigenvalue weighted by atomic mass is 9.70. The minimum absolute atomic E-state index is 0.0831. The van der Waals surface area contributed by atoms with E-state index in [1.165, 1.54) is 0 Å². The largest absolute Gasteiger partial charge is 0.299 e. The predicted molar refractivity (Wildman–Crippen MR) is 88.4 cm³/mol. The van der Waals surface area contributed by atoms with Gasteiger partial charge in [0, 0.05) is 16.3 Å². The summed E-state index contributed by atoms with van der Waals surface area (Å²) in [5.74, 6) is 1.68. The molecule has 1 aromatic carbocycles. The molecule has 0 amide bonds. The SMILES string of the molecule is CC(C)[C@@H]1CC[C@@H](C)C(/C=C/c2ccc(Br)cc2)C1=O. The molecule has 2 heteroatoms. The summed E-state index contributed by atoms with van der Waals surface area (Å²) in [5.41, 5.74) is 1.15. The molecular formula is C18H23BrO. The fraction of sp³-hybridized carbons (Fsp3) is 0.500. The zero-order chi connectivity index (χ0) is 14.7. The van der Waals surface area contributed by atoms with Gasteiger partial charge < -0.3 is 0 Å². The Hall–Kier alpha value is -0.890. The number of halogens is 1. The molecule has 1 aromatic rings. The van der Waals surface area contributed by atoms with Crippen LogP contribution in [0.2, 0.25) is 0 Å². The topological polar surface area (TPSA) is 17.1 Å². The maximum absolute atomic E-state index is 12.6. The molecule has 108 valence electrons. The van der Waals surface area contributed by atoms with Gasteiger partial charge in [0.25, 0.3) is 0 Å². The summed E-state index contributed by atoms with van der Waals surface area (Å²) < 4.78 is 1.08. The second-order valence-corrected chi connectivity index (χ2v) is 7.16. The summed E-state index contributed by atoms with van der Waals surface area (Å²) in [5, 5.41) is 0. The Morgan fingerprint density at radius 1 is 1.20 bits per heavy atom. The van der Waals surface area contributed by atoms with Gasteiger partial charge >= 0.3 is 0 Å². The van der Waals surface area contributed by atoms with Gasteiger partial charge in [-0.15, -0.1) is 0 Å². The second-order valence-electron chi connectivity index (χ2n) is 6.24. The van der Waals surface area contributed by atoms with Crippen molar-refractivity contribution in [3.63, 3.8) is 0 Å². The third-order valence-electron chi connectivity index (χ3n) is 4.41. The molecule has 1 saturated carbocycles. The minimum atomic E-state index is 0.0831. The van der Waals surface area contributed by atoms with Crippen molar-refractivity contribution in [2.24, 2.45) is 23.7 Å². The Balaban J connectivity index is 2.13. The van der Waals surface area contributed by atoms with Crippen LogP contribution < -0.4 is 0 Å². The van der Waals surface area contributed by atoms with Crippen LogP contribution in [-0.4, -0.2) is 5.78 Å². The predicted octanol–water partition coefficient (Wildman–Crippen LogP) is 5.35. The van der Waals surface area contributed by atoms with Crippen LogP contribution in [0.4, 0.5) is 0 Å². The normalized spacial score (nSPS) is 27.4. The highest BCUT2D eigenvalue weighted by Gasteiger charge is 2.35. The Bertz CT molecular complexity index is 487. The molecule has 2 rings (SSSR count). The zero-order valence-corrected chi connectivity index (χ0v) is 14.1. The summed E-state index contributed by atoms with van der Waals surface area (Å²) in [6.45, 7) is 6.52. The van der Waals surface area contributed by atoms with Crippen LogP contribution >= 0.6 is 15.9 Å². The zero-order valence-electron chi connectivity index (χ0n) is 12.5. The molecule has 1 aliphatic carbocycles. The molecule has 3 atom stereocenters. The molecule has 0 saturated heterocycles. The third kappa shape index (κ3) is 3.60. The van der Waals surface area contributed by atoms with Crippen LogP contribution in [0, 0.1) is 23.7 Å². The number of hydrogen-bond donors (Lipinski definition) is 0.